The minimum Gasteiger partial charge on any atom is -0.243 e. The Bertz CT molecular complexity index is 643. The number of benzene rings is 1. The molecule has 1 heterocycles. The first-order valence-electron chi connectivity index (χ1n) is 8.57. The van der Waals surface area contributed by atoms with Gasteiger partial charge in [-0.1, -0.05) is 60.8 Å². The van der Waals surface area contributed by atoms with E-state index in [0.717, 1.165) is 0 Å². The predicted molar refractivity (Wildman–Crippen MR) is 98.6 cm³/mol. The molecule has 0 aliphatic heterocycles. The highest BCUT2D eigenvalue weighted by Gasteiger charge is 2.24. The number of hydrogen-bond donors (Lipinski definition) is 0. The quantitative estimate of drug-likeness (QED) is 0.555. The first-order valence-corrected chi connectivity index (χ1v) is 9.32. The lowest BCUT2D eigenvalue weighted by atomic mass is 9.76. The predicted octanol–water partition coefficient (Wildman–Crippen LogP) is 6.78. The van der Waals surface area contributed by atoms with Gasteiger partial charge in [0, 0.05) is 6.20 Å². The van der Waals surface area contributed by atoms with Gasteiger partial charge in [-0.05, 0) is 66.7 Å². The minimum absolute atomic E-state index is 0.399. The summed E-state index contributed by atoms with van der Waals surface area (Å²) in [5.74, 6) is 1.26. The molecule has 0 N–H and O–H groups in total. The maximum absolute atomic E-state index is 6.10. The Kier molecular flexibility index (Phi) is 5.61. The second kappa shape index (κ2) is 7.68. The van der Waals surface area contributed by atoms with E-state index in [0.29, 0.717) is 22.0 Å². The van der Waals surface area contributed by atoms with Gasteiger partial charge >= 0.3 is 0 Å². The van der Waals surface area contributed by atoms with E-state index in [-0.39, 0.29) is 0 Å². The van der Waals surface area contributed by atoms with Gasteiger partial charge in [0.15, 0.2) is 0 Å². The zero-order valence-electron chi connectivity index (χ0n) is 13.6. The molecular weight excluding hydrogens is 325 g/mol. The van der Waals surface area contributed by atoms with E-state index in [2.05, 4.69) is 36.2 Å². The van der Waals surface area contributed by atoms with Crippen molar-refractivity contribution in [1.29, 1.82) is 0 Å². The Labute approximate surface area is 149 Å². The molecule has 1 nitrogen and oxygen atoms in total. The molecular formula is C20H23Cl2N. The van der Waals surface area contributed by atoms with Crippen LogP contribution in [0.15, 0.2) is 36.5 Å². The Balaban J connectivity index is 1.62. The summed E-state index contributed by atoms with van der Waals surface area (Å²) in [6, 6.07) is 11.2. The maximum atomic E-state index is 6.10. The van der Waals surface area contributed by atoms with E-state index in [1.807, 2.05) is 12.3 Å². The largest absolute Gasteiger partial charge is 0.243 e. The molecule has 2 aromatic rings. The third-order valence-corrected chi connectivity index (χ3v) is 5.69. The molecule has 1 aromatic carbocycles. The molecule has 3 heteroatoms. The summed E-state index contributed by atoms with van der Waals surface area (Å²) in [5, 5.41) is 0.967. The first-order chi connectivity index (χ1) is 11.2. The highest BCUT2D eigenvalue weighted by molar-refractivity contribution is 6.41. The van der Waals surface area contributed by atoms with Crippen LogP contribution in [0.2, 0.25) is 10.2 Å². The van der Waals surface area contributed by atoms with Gasteiger partial charge in [0.25, 0.3) is 0 Å². The van der Waals surface area contributed by atoms with Gasteiger partial charge in [0.2, 0.25) is 0 Å². The number of halogens is 2. The van der Waals surface area contributed by atoms with Gasteiger partial charge < -0.3 is 0 Å². The van der Waals surface area contributed by atoms with E-state index < -0.39 is 0 Å². The lowest BCUT2D eigenvalue weighted by molar-refractivity contribution is 0.396. The lowest BCUT2D eigenvalue weighted by Crippen LogP contribution is -2.12. The summed E-state index contributed by atoms with van der Waals surface area (Å²) in [4.78, 5) is 4.19. The molecule has 0 unspecified atom stereocenters. The summed E-state index contributed by atoms with van der Waals surface area (Å²) in [6.45, 7) is 2.23. The molecule has 1 aliphatic carbocycles. The van der Waals surface area contributed by atoms with Crippen molar-refractivity contribution in [1.82, 2.24) is 4.98 Å². The maximum Gasteiger partial charge on any atom is 0.147 e. The zero-order valence-corrected chi connectivity index (χ0v) is 15.1. The van der Waals surface area contributed by atoms with Crippen LogP contribution in [-0.2, 0) is 6.42 Å². The molecule has 0 radical (unpaired) electrons. The fourth-order valence-electron chi connectivity index (χ4n) is 3.66. The first kappa shape index (κ1) is 16.8. The number of pyridine rings is 1. The topological polar surface area (TPSA) is 12.9 Å². The third kappa shape index (κ3) is 4.08. The van der Waals surface area contributed by atoms with Crippen molar-refractivity contribution >= 4 is 23.2 Å². The minimum atomic E-state index is 0.399. The van der Waals surface area contributed by atoms with Crippen LogP contribution in [0.5, 0.6) is 0 Å². The molecule has 1 saturated carbocycles. The van der Waals surface area contributed by atoms with Gasteiger partial charge in [-0.15, -0.1) is 0 Å². The van der Waals surface area contributed by atoms with E-state index in [1.54, 1.807) is 0 Å². The molecule has 0 saturated heterocycles. The van der Waals surface area contributed by atoms with Crippen LogP contribution < -0.4 is 0 Å². The summed E-state index contributed by atoms with van der Waals surface area (Å²) in [6.07, 6.45) is 9.14. The van der Waals surface area contributed by atoms with Crippen molar-refractivity contribution in [3.05, 3.63) is 63.4 Å². The van der Waals surface area contributed by atoms with Crippen LogP contribution in [0.1, 0.15) is 67.6 Å². The van der Waals surface area contributed by atoms with Gasteiger partial charge in [0.1, 0.15) is 5.15 Å². The van der Waals surface area contributed by atoms with Crippen molar-refractivity contribution in [2.24, 2.45) is 0 Å². The van der Waals surface area contributed by atoms with E-state index in [1.165, 1.54) is 55.2 Å². The highest BCUT2D eigenvalue weighted by atomic mass is 35.5. The zero-order chi connectivity index (χ0) is 16.2. The number of hydrogen-bond acceptors (Lipinski definition) is 1. The van der Waals surface area contributed by atoms with Crippen LogP contribution in [0.3, 0.4) is 0 Å². The molecule has 0 atom stereocenters. The van der Waals surface area contributed by atoms with Crippen molar-refractivity contribution in [2.45, 2.75) is 57.3 Å². The normalized spacial score (nSPS) is 21.3. The van der Waals surface area contributed by atoms with Crippen molar-refractivity contribution in [2.75, 3.05) is 0 Å². The molecule has 0 spiro atoms. The molecule has 0 amide bonds. The van der Waals surface area contributed by atoms with Crippen molar-refractivity contribution in [3.63, 3.8) is 0 Å². The van der Waals surface area contributed by atoms with Gasteiger partial charge in [-0.2, -0.15) is 0 Å². The molecule has 23 heavy (non-hydrogen) atoms. The molecule has 1 fully saturated rings. The lowest BCUT2D eigenvalue weighted by Gasteiger charge is -2.29. The van der Waals surface area contributed by atoms with E-state index in [9.17, 15) is 0 Å². The second-order valence-electron chi connectivity index (χ2n) is 6.58. The Hall–Kier alpha value is -1.05. The molecule has 1 aliphatic rings. The summed E-state index contributed by atoms with van der Waals surface area (Å²) in [7, 11) is 0. The van der Waals surface area contributed by atoms with Crippen LogP contribution in [0, 0.1) is 0 Å². The summed E-state index contributed by atoms with van der Waals surface area (Å²) >= 11 is 12.0. The Morgan fingerprint density at radius 2 is 1.57 bits per heavy atom. The fraction of sp³-hybridized carbons (Fsp3) is 0.450. The van der Waals surface area contributed by atoms with Crippen LogP contribution in [0.4, 0.5) is 0 Å². The Morgan fingerprint density at radius 3 is 2.13 bits per heavy atom. The molecule has 3 rings (SSSR count). The van der Waals surface area contributed by atoms with Crippen molar-refractivity contribution < 1.29 is 0 Å². The standard InChI is InChI=1S/C20H23Cl2N/c1-2-3-14-4-6-15(7-5-14)16-8-10-17(11-9-16)18-12-19(21)20(22)23-13-18/h4-7,12-13,16-17H,2-3,8-11H2,1H3/t16-,17-. The van der Waals surface area contributed by atoms with Crippen LogP contribution >= 0.6 is 23.2 Å². The second-order valence-corrected chi connectivity index (χ2v) is 7.35. The van der Waals surface area contributed by atoms with E-state index in [4.69, 9.17) is 23.2 Å². The van der Waals surface area contributed by atoms with Gasteiger partial charge in [0.05, 0.1) is 5.02 Å². The SMILES string of the molecule is CCCc1ccc([C@H]2CC[C@H](c3cnc(Cl)c(Cl)c3)CC2)cc1. The van der Waals surface area contributed by atoms with Gasteiger partial charge in [-0.3, -0.25) is 0 Å². The van der Waals surface area contributed by atoms with Crippen LogP contribution in [-0.4, -0.2) is 4.98 Å². The van der Waals surface area contributed by atoms with Crippen molar-refractivity contribution in [3.8, 4) is 0 Å². The van der Waals surface area contributed by atoms with Gasteiger partial charge in [-0.25, -0.2) is 4.98 Å². The highest BCUT2D eigenvalue weighted by Crippen LogP contribution is 2.41. The summed E-state index contributed by atoms with van der Waals surface area (Å²) < 4.78 is 0. The van der Waals surface area contributed by atoms with Crippen LogP contribution in [0.25, 0.3) is 0 Å². The third-order valence-electron chi connectivity index (χ3n) is 5.01. The molecule has 122 valence electrons. The number of aryl methyl sites for hydroxylation is 1. The number of nitrogens with zero attached hydrogens (tertiary/aromatic N) is 1. The average Bonchev–Trinajstić information content (AvgIpc) is 2.59. The number of aromatic nitrogens is 1. The molecule has 1 aromatic heterocycles. The summed E-state index contributed by atoms with van der Waals surface area (Å²) in [5.41, 5.74) is 4.18. The average molecular weight is 348 g/mol. The number of rotatable bonds is 4. The molecule has 0 bridgehead atoms. The monoisotopic (exact) mass is 347 g/mol. The fourth-order valence-corrected chi connectivity index (χ4v) is 3.94. The Morgan fingerprint density at radius 1 is 0.957 bits per heavy atom. The smallest absolute Gasteiger partial charge is 0.147 e. The van der Waals surface area contributed by atoms with E-state index >= 15 is 0 Å².